The zero-order valence-corrected chi connectivity index (χ0v) is 12.8. The molecule has 0 aromatic rings. The van der Waals surface area contributed by atoms with Gasteiger partial charge in [-0.25, -0.2) is 0 Å². The van der Waals surface area contributed by atoms with E-state index in [-0.39, 0.29) is 38.0 Å². The Morgan fingerprint density at radius 1 is 0.417 bits per heavy atom. The maximum absolute atomic E-state index is 7.50. The van der Waals surface area contributed by atoms with Crippen molar-refractivity contribution < 1.29 is 43.7 Å². The standard InChI is InChI=1S/5CO.GeH3.Re/c5*1-2;;/h;;;;;1H3;. The Kier molecular flexibility index (Phi) is 584000. The van der Waals surface area contributed by atoms with Crippen LogP contribution in [0.4, 0.5) is 0 Å². The summed E-state index contributed by atoms with van der Waals surface area (Å²) in [6.07, 6.45) is 0. The average Bonchev–Trinajstić information content (AvgIpc) is 2.20. The molecule has 0 aliphatic rings. The number of hydrogen-bond donors (Lipinski definition) is 0. The summed E-state index contributed by atoms with van der Waals surface area (Å²) in [5.41, 5.74) is 0. The van der Waals surface area contributed by atoms with Gasteiger partial charge in [0.25, 0.3) is 0 Å². The SMILES string of the molecule is [C-]#[O+].[C-]#[O+].[C-]#[O+].[C-]#[O+].[C-]#[O+].[GeH3].[Re]. The molecule has 0 spiro atoms. The van der Waals surface area contributed by atoms with Gasteiger partial charge in [-0.2, -0.15) is 0 Å². The fourth-order valence-corrected chi connectivity index (χ4v) is 0. The molecule has 0 aliphatic carbocycles. The number of rotatable bonds is 0. The molecule has 5 nitrogen and oxygen atoms in total. The van der Waals surface area contributed by atoms with Gasteiger partial charge in [-0.15, -0.1) is 0 Å². The maximum atomic E-state index is 7.50. The second-order valence-electron chi connectivity index (χ2n) is 0. The second-order valence-corrected chi connectivity index (χ2v) is 0. The molecule has 12 heavy (non-hydrogen) atoms. The van der Waals surface area contributed by atoms with Gasteiger partial charge >= 0.3 is 74.1 Å². The van der Waals surface area contributed by atoms with Gasteiger partial charge in [0.2, 0.25) is 0 Å². The van der Waals surface area contributed by atoms with Gasteiger partial charge in [0.05, 0.1) is 0 Å². The van der Waals surface area contributed by atoms with E-state index in [0.29, 0.717) is 0 Å². The van der Waals surface area contributed by atoms with Gasteiger partial charge in [0.1, 0.15) is 0 Å². The minimum absolute atomic E-state index is 0. The molecule has 0 heterocycles. The fraction of sp³-hybridized carbons (Fsp3) is 0. The third kappa shape index (κ3) is 87400. The first kappa shape index (κ1) is 58.8. The molecular formula is C5H3GeO5Re. The molecule has 7 heteroatoms. The Balaban J connectivity index is -0.00000000500. The van der Waals surface area contributed by atoms with Crippen LogP contribution in [-0.2, 0) is 43.7 Å². The van der Waals surface area contributed by atoms with Crippen LogP contribution < -0.4 is 0 Å². The van der Waals surface area contributed by atoms with Crippen molar-refractivity contribution in [3.05, 3.63) is 33.3 Å². The van der Waals surface area contributed by atoms with Crippen LogP contribution in [0.25, 0.3) is 0 Å². The van der Waals surface area contributed by atoms with Crippen molar-refractivity contribution in [1.82, 2.24) is 0 Å². The molecule has 0 amide bonds. The molecule has 0 bridgehead atoms. The van der Waals surface area contributed by atoms with E-state index in [1.165, 1.54) is 0 Å². The van der Waals surface area contributed by atoms with Gasteiger partial charge < -0.3 is 0 Å². The van der Waals surface area contributed by atoms with Gasteiger partial charge in [0.15, 0.2) is 0 Å². The van der Waals surface area contributed by atoms with E-state index in [9.17, 15) is 0 Å². The fourth-order valence-electron chi connectivity index (χ4n) is 0. The van der Waals surface area contributed by atoms with E-state index in [1.54, 1.807) is 0 Å². The van der Waals surface area contributed by atoms with Crippen LogP contribution in [-0.4, -0.2) is 17.6 Å². The van der Waals surface area contributed by atoms with Gasteiger partial charge in [0, 0.05) is 20.4 Å². The minimum Gasteiger partial charge on any atom is 0 e. The van der Waals surface area contributed by atoms with Crippen molar-refractivity contribution >= 4 is 17.6 Å². The monoisotopic (exact) mass is 404 g/mol. The molecule has 0 aromatic carbocycles. The molecule has 0 rings (SSSR count). The topological polar surface area (TPSA) is 99.5 Å². The van der Waals surface area contributed by atoms with Crippen LogP contribution in [0.5, 0.6) is 0 Å². The molecule has 0 aromatic heterocycles. The molecule has 64 valence electrons. The predicted molar refractivity (Wildman–Crippen MR) is 29.6 cm³/mol. The van der Waals surface area contributed by atoms with E-state index < -0.39 is 0 Å². The average molecular weight is 402 g/mol. The van der Waals surface area contributed by atoms with Gasteiger partial charge in [-0.3, -0.25) is 0 Å². The zero-order chi connectivity index (χ0) is 10.0. The summed E-state index contributed by atoms with van der Waals surface area (Å²) in [5.74, 6) is 0. The molecule has 0 atom stereocenters. The molecule has 0 saturated carbocycles. The smallest absolute Gasteiger partial charge is 0 e. The van der Waals surface area contributed by atoms with Crippen molar-refractivity contribution in [3.63, 3.8) is 0 Å². The molecule has 0 fully saturated rings. The summed E-state index contributed by atoms with van der Waals surface area (Å²) in [6, 6.07) is 0. The van der Waals surface area contributed by atoms with Crippen LogP contribution in [0.15, 0.2) is 0 Å². The van der Waals surface area contributed by atoms with Crippen molar-refractivity contribution in [3.8, 4) is 0 Å². The molecule has 0 saturated heterocycles. The largest absolute Gasteiger partial charge is 0 e. The molecule has 0 unspecified atom stereocenters. The van der Waals surface area contributed by atoms with E-state index >= 15 is 0 Å². The Bertz CT molecular complexity index is 78.4. The third-order valence-corrected chi connectivity index (χ3v) is 0. The van der Waals surface area contributed by atoms with Crippen molar-refractivity contribution in [2.75, 3.05) is 0 Å². The first-order chi connectivity index (χ1) is 5.00. The summed E-state index contributed by atoms with van der Waals surface area (Å²) < 4.78 is 37.5. The predicted octanol–water partition coefficient (Wildman–Crippen LogP) is -1.37. The van der Waals surface area contributed by atoms with Crippen LogP contribution >= 0.6 is 0 Å². The normalized spacial score (nSPS) is 0.833. The summed E-state index contributed by atoms with van der Waals surface area (Å²) in [4.78, 5) is 0. The summed E-state index contributed by atoms with van der Waals surface area (Å²) in [7, 11) is 0. The quantitative estimate of drug-likeness (QED) is 0.272. The molecular weight excluding hydrogens is 399 g/mol. The first-order valence-corrected chi connectivity index (χ1v) is 1.02. The molecule has 0 N–H and O–H groups in total. The van der Waals surface area contributed by atoms with E-state index in [1.807, 2.05) is 0 Å². The van der Waals surface area contributed by atoms with Crippen LogP contribution in [0.3, 0.4) is 0 Å². The number of hydrogen-bond acceptors (Lipinski definition) is 0. The van der Waals surface area contributed by atoms with Crippen LogP contribution in [0.2, 0.25) is 0 Å². The molecule has 0 aliphatic heterocycles. The second kappa shape index (κ2) is 119000. The summed E-state index contributed by atoms with van der Waals surface area (Å²) >= 11 is 0. The van der Waals surface area contributed by atoms with E-state index in [0.717, 1.165) is 0 Å². The van der Waals surface area contributed by atoms with Crippen molar-refractivity contribution in [2.24, 2.45) is 0 Å². The van der Waals surface area contributed by atoms with Crippen molar-refractivity contribution in [1.29, 1.82) is 0 Å². The Morgan fingerprint density at radius 3 is 0.417 bits per heavy atom. The van der Waals surface area contributed by atoms with Crippen LogP contribution in [0.1, 0.15) is 0 Å². The van der Waals surface area contributed by atoms with Crippen LogP contribution in [0, 0.1) is 33.3 Å². The summed E-state index contributed by atoms with van der Waals surface area (Å²) in [5, 5.41) is 0. The zero-order valence-electron chi connectivity index (χ0n) is 5.92. The minimum atomic E-state index is 0. The molecule has 2 radical (unpaired) electrons. The summed E-state index contributed by atoms with van der Waals surface area (Å²) in [6.45, 7) is 22.5. The van der Waals surface area contributed by atoms with E-state index in [2.05, 4.69) is 33.3 Å². The third-order valence-electron chi connectivity index (χ3n) is 0. The van der Waals surface area contributed by atoms with Gasteiger partial charge in [-0.1, -0.05) is 0 Å². The Morgan fingerprint density at radius 2 is 0.417 bits per heavy atom. The van der Waals surface area contributed by atoms with Gasteiger partial charge in [-0.05, 0) is 0 Å². The Hall–Kier alpha value is -0.0948. The first-order valence-electron chi connectivity index (χ1n) is 1.02. The maximum Gasteiger partial charge on any atom is 0 e. The Labute approximate surface area is 94.5 Å². The van der Waals surface area contributed by atoms with Crippen molar-refractivity contribution in [2.45, 2.75) is 0 Å². The van der Waals surface area contributed by atoms with E-state index in [4.69, 9.17) is 23.3 Å².